The van der Waals surface area contributed by atoms with Crippen molar-refractivity contribution in [3.05, 3.63) is 32.0 Å². The number of nitrogens with two attached hydrogens (primary N) is 2. The lowest BCUT2D eigenvalue weighted by molar-refractivity contribution is 0.0517. The Hall–Kier alpha value is -2.72. The van der Waals surface area contributed by atoms with Crippen LogP contribution in [0.3, 0.4) is 0 Å². The number of fused-ring (bicyclic) bond motifs is 2. The molecule has 32 heavy (non-hydrogen) atoms. The molecular weight excluding hydrogens is 448 g/mol. The summed E-state index contributed by atoms with van der Waals surface area (Å²) in [6.45, 7) is 4.16. The highest BCUT2D eigenvalue weighted by atomic mass is 32.1. The Morgan fingerprint density at radius 3 is 1.56 bits per heavy atom. The maximum Gasteiger partial charge on any atom is 0.341 e. The SMILES string of the molecule is CCOC(=O)c1c(N)sc2c1CCC/C2=N/N=C1\CCCc2c1sc(N)c2C(=O)OCC. The average molecular weight is 475 g/mol. The Morgan fingerprint density at radius 1 is 0.781 bits per heavy atom. The van der Waals surface area contributed by atoms with Crippen LogP contribution in [0.25, 0.3) is 0 Å². The minimum atomic E-state index is -0.382. The molecule has 4 N–H and O–H groups in total. The van der Waals surface area contributed by atoms with Gasteiger partial charge in [0.2, 0.25) is 0 Å². The number of anilines is 2. The smallest absolute Gasteiger partial charge is 0.341 e. The predicted molar refractivity (Wildman–Crippen MR) is 128 cm³/mol. The van der Waals surface area contributed by atoms with Gasteiger partial charge in [0.1, 0.15) is 10.0 Å². The normalized spacial score (nSPS) is 17.8. The van der Waals surface area contributed by atoms with E-state index in [2.05, 4.69) is 10.2 Å². The van der Waals surface area contributed by atoms with Crippen LogP contribution in [-0.4, -0.2) is 36.6 Å². The van der Waals surface area contributed by atoms with Crippen LogP contribution < -0.4 is 11.5 Å². The van der Waals surface area contributed by atoms with Crippen LogP contribution in [0.2, 0.25) is 0 Å². The third-order valence-corrected chi connectivity index (χ3v) is 7.74. The largest absolute Gasteiger partial charge is 0.462 e. The van der Waals surface area contributed by atoms with E-state index in [1.807, 2.05) is 0 Å². The number of thiophene rings is 2. The quantitative estimate of drug-likeness (QED) is 0.494. The second-order valence-electron chi connectivity index (χ2n) is 7.54. The van der Waals surface area contributed by atoms with E-state index in [0.717, 1.165) is 70.8 Å². The third kappa shape index (κ3) is 4.04. The Bertz CT molecular complexity index is 1040. The minimum Gasteiger partial charge on any atom is -0.462 e. The molecule has 10 heteroatoms. The van der Waals surface area contributed by atoms with Gasteiger partial charge in [-0.2, -0.15) is 10.2 Å². The topological polar surface area (TPSA) is 129 Å². The first-order valence-corrected chi connectivity index (χ1v) is 12.4. The summed E-state index contributed by atoms with van der Waals surface area (Å²) in [6.07, 6.45) is 4.79. The Morgan fingerprint density at radius 2 is 1.19 bits per heavy atom. The fourth-order valence-corrected chi connectivity index (χ4v) is 6.40. The summed E-state index contributed by atoms with van der Waals surface area (Å²) >= 11 is 2.73. The maximum absolute atomic E-state index is 12.4. The van der Waals surface area contributed by atoms with Crippen LogP contribution in [0.15, 0.2) is 10.2 Å². The summed E-state index contributed by atoms with van der Waals surface area (Å²) in [5.74, 6) is -0.764. The molecule has 0 aromatic carbocycles. The minimum absolute atomic E-state index is 0.303. The molecule has 2 heterocycles. The van der Waals surface area contributed by atoms with E-state index >= 15 is 0 Å². The molecule has 4 rings (SSSR count). The zero-order valence-corrected chi connectivity index (χ0v) is 19.8. The van der Waals surface area contributed by atoms with Crippen molar-refractivity contribution >= 4 is 56.0 Å². The van der Waals surface area contributed by atoms with Gasteiger partial charge >= 0.3 is 11.9 Å². The number of esters is 2. The molecule has 0 spiro atoms. The van der Waals surface area contributed by atoms with Gasteiger partial charge in [0.05, 0.1) is 45.5 Å². The molecule has 0 saturated carbocycles. The lowest BCUT2D eigenvalue weighted by Crippen LogP contribution is -2.15. The molecule has 0 fully saturated rings. The van der Waals surface area contributed by atoms with Crippen LogP contribution in [0.5, 0.6) is 0 Å². The van der Waals surface area contributed by atoms with Gasteiger partial charge in [-0.25, -0.2) is 9.59 Å². The Kier molecular flexibility index (Phi) is 6.61. The van der Waals surface area contributed by atoms with Gasteiger partial charge < -0.3 is 20.9 Å². The van der Waals surface area contributed by atoms with Crippen LogP contribution in [0.1, 0.15) is 81.1 Å². The number of nitrogen functional groups attached to an aromatic ring is 2. The number of rotatable bonds is 5. The molecule has 0 unspecified atom stereocenters. The zero-order valence-electron chi connectivity index (χ0n) is 18.2. The van der Waals surface area contributed by atoms with Gasteiger partial charge in [-0.1, -0.05) is 0 Å². The van der Waals surface area contributed by atoms with E-state index < -0.39 is 0 Å². The highest BCUT2D eigenvalue weighted by Crippen LogP contribution is 2.39. The van der Waals surface area contributed by atoms with Crippen LogP contribution in [0.4, 0.5) is 10.0 Å². The van der Waals surface area contributed by atoms with Crippen molar-refractivity contribution in [1.29, 1.82) is 0 Å². The van der Waals surface area contributed by atoms with Crippen molar-refractivity contribution < 1.29 is 19.1 Å². The standard InChI is InChI=1S/C22H26N4O4S2/c1-3-29-21(27)15-11-7-5-9-13(17(11)31-19(15)23)25-26-14-10-6-8-12-16(22(28)30-4-2)20(24)32-18(12)14/h3-10,23-24H2,1-2H3/b25-13-,26-14+. The summed E-state index contributed by atoms with van der Waals surface area (Å²) in [5, 5.41) is 10.1. The number of hydrogen-bond acceptors (Lipinski definition) is 10. The fraction of sp³-hybridized carbons (Fsp3) is 0.455. The van der Waals surface area contributed by atoms with Crippen molar-refractivity contribution in [3.8, 4) is 0 Å². The molecule has 0 amide bonds. The maximum atomic E-state index is 12.4. The third-order valence-electron chi connectivity index (χ3n) is 5.52. The van der Waals surface area contributed by atoms with Crippen molar-refractivity contribution in [2.75, 3.05) is 24.7 Å². The van der Waals surface area contributed by atoms with E-state index in [1.54, 1.807) is 13.8 Å². The average Bonchev–Trinajstić information content (AvgIpc) is 3.28. The monoisotopic (exact) mass is 474 g/mol. The molecule has 0 radical (unpaired) electrons. The van der Waals surface area contributed by atoms with Gasteiger partial charge in [-0.05, 0) is 63.5 Å². The summed E-state index contributed by atoms with van der Waals surface area (Å²) in [7, 11) is 0. The molecule has 0 atom stereocenters. The summed E-state index contributed by atoms with van der Waals surface area (Å²) < 4.78 is 10.4. The predicted octanol–water partition coefficient (Wildman–Crippen LogP) is 4.19. The Balaban J connectivity index is 1.69. The number of ether oxygens (including phenoxy) is 2. The summed E-state index contributed by atoms with van der Waals surface area (Å²) in [6, 6.07) is 0. The second-order valence-corrected chi connectivity index (χ2v) is 9.64. The first-order valence-electron chi connectivity index (χ1n) is 10.8. The van der Waals surface area contributed by atoms with Crippen molar-refractivity contribution in [2.45, 2.75) is 52.4 Å². The van der Waals surface area contributed by atoms with E-state index in [-0.39, 0.29) is 11.9 Å². The van der Waals surface area contributed by atoms with Gasteiger partial charge in [0.25, 0.3) is 0 Å². The number of carbonyl (C=O) groups excluding carboxylic acids is 2. The van der Waals surface area contributed by atoms with Gasteiger partial charge in [-0.15, -0.1) is 22.7 Å². The van der Waals surface area contributed by atoms with E-state index in [4.69, 9.17) is 20.9 Å². The molecule has 2 aliphatic rings. The molecule has 2 aromatic heterocycles. The van der Waals surface area contributed by atoms with Crippen molar-refractivity contribution in [2.24, 2.45) is 10.2 Å². The van der Waals surface area contributed by atoms with Crippen LogP contribution in [-0.2, 0) is 22.3 Å². The number of nitrogens with zero attached hydrogens (tertiary/aromatic N) is 2. The molecule has 0 bridgehead atoms. The van der Waals surface area contributed by atoms with E-state index in [9.17, 15) is 9.59 Å². The lowest BCUT2D eigenvalue weighted by atomic mass is 9.94. The molecule has 2 aliphatic carbocycles. The molecule has 2 aromatic rings. The molecule has 170 valence electrons. The van der Waals surface area contributed by atoms with E-state index in [1.165, 1.54) is 22.7 Å². The van der Waals surface area contributed by atoms with Gasteiger partial charge in [-0.3, -0.25) is 0 Å². The summed E-state index contributed by atoms with van der Waals surface area (Å²) in [4.78, 5) is 26.6. The zero-order chi connectivity index (χ0) is 22.8. The van der Waals surface area contributed by atoms with Crippen molar-refractivity contribution in [3.63, 3.8) is 0 Å². The van der Waals surface area contributed by atoms with Crippen LogP contribution >= 0.6 is 22.7 Å². The Labute approximate surface area is 194 Å². The van der Waals surface area contributed by atoms with Crippen LogP contribution in [0, 0.1) is 0 Å². The fourth-order valence-electron chi connectivity index (χ4n) is 4.17. The molecular formula is C22H26N4O4S2. The van der Waals surface area contributed by atoms with E-state index in [0.29, 0.717) is 34.3 Å². The molecule has 8 nitrogen and oxygen atoms in total. The van der Waals surface area contributed by atoms with Gasteiger partial charge in [0.15, 0.2) is 0 Å². The first kappa shape index (κ1) is 22.5. The first-order chi connectivity index (χ1) is 15.5. The number of hydrogen-bond donors (Lipinski definition) is 2. The molecule has 0 saturated heterocycles. The van der Waals surface area contributed by atoms with Gasteiger partial charge in [0, 0.05) is 0 Å². The highest BCUT2D eigenvalue weighted by molar-refractivity contribution is 7.19. The lowest BCUT2D eigenvalue weighted by Gasteiger charge is -2.16. The highest BCUT2D eigenvalue weighted by Gasteiger charge is 2.30. The van der Waals surface area contributed by atoms with Crippen molar-refractivity contribution in [1.82, 2.24) is 0 Å². The number of carbonyl (C=O) groups is 2. The summed E-state index contributed by atoms with van der Waals surface area (Å²) in [5.41, 5.74) is 16.7. The molecule has 0 aliphatic heterocycles. The second kappa shape index (κ2) is 9.41.